The van der Waals surface area contributed by atoms with Crippen LogP contribution in [0.3, 0.4) is 0 Å². The van der Waals surface area contributed by atoms with Crippen molar-refractivity contribution in [1.82, 2.24) is 19.7 Å². The Hall–Kier alpha value is -0.920. The number of thioether (sulfide) groups is 1. The Morgan fingerprint density at radius 1 is 1.33 bits per heavy atom. The SMILES string of the molecule is CCCn1c(CN)nnc1SCc1csc(C(C)(C)C)n1. The molecule has 0 aliphatic rings. The van der Waals surface area contributed by atoms with Gasteiger partial charge in [-0.25, -0.2) is 4.98 Å². The van der Waals surface area contributed by atoms with E-state index in [1.807, 2.05) is 0 Å². The Kier molecular flexibility index (Phi) is 5.40. The van der Waals surface area contributed by atoms with E-state index < -0.39 is 0 Å². The fraction of sp³-hybridized carbons (Fsp3) is 0.643. The molecule has 2 aromatic rings. The van der Waals surface area contributed by atoms with Crippen LogP contribution in [0, 0.1) is 0 Å². The number of nitrogens with two attached hydrogens (primary N) is 1. The van der Waals surface area contributed by atoms with Gasteiger partial charge in [0.15, 0.2) is 5.16 Å². The van der Waals surface area contributed by atoms with Crippen LogP contribution in [0.1, 0.15) is 50.6 Å². The molecule has 0 spiro atoms. The van der Waals surface area contributed by atoms with Crippen molar-refractivity contribution in [3.63, 3.8) is 0 Å². The highest BCUT2D eigenvalue weighted by atomic mass is 32.2. The lowest BCUT2D eigenvalue weighted by Crippen LogP contribution is -2.10. The molecule has 0 amide bonds. The topological polar surface area (TPSA) is 69.6 Å². The normalized spacial score (nSPS) is 12.0. The minimum Gasteiger partial charge on any atom is -0.324 e. The second-order valence-electron chi connectivity index (χ2n) is 5.94. The van der Waals surface area contributed by atoms with Gasteiger partial charge < -0.3 is 10.3 Å². The third kappa shape index (κ3) is 4.05. The number of rotatable bonds is 6. The molecule has 0 aliphatic heterocycles. The molecule has 0 unspecified atom stereocenters. The molecule has 21 heavy (non-hydrogen) atoms. The van der Waals surface area contributed by atoms with Crippen LogP contribution in [0.2, 0.25) is 0 Å². The number of thiazole rings is 1. The zero-order valence-corrected chi connectivity index (χ0v) is 14.7. The molecule has 0 aliphatic carbocycles. The average Bonchev–Trinajstić information content (AvgIpc) is 3.03. The maximum atomic E-state index is 5.71. The molecule has 0 atom stereocenters. The van der Waals surface area contributed by atoms with Crippen molar-refractivity contribution in [2.45, 2.75) is 63.5 Å². The van der Waals surface area contributed by atoms with E-state index in [1.54, 1.807) is 23.1 Å². The predicted molar refractivity (Wildman–Crippen MR) is 88.6 cm³/mol. The van der Waals surface area contributed by atoms with Crippen LogP contribution >= 0.6 is 23.1 Å². The van der Waals surface area contributed by atoms with Gasteiger partial charge >= 0.3 is 0 Å². The summed E-state index contributed by atoms with van der Waals surface area (Å²) in [6, 6.07) is 0. The van der Waals surface area contributed by atoms with Crippen LogP contribution in [-0.4, -0.2) is 19.7 Å². The molecule has 2 aromatic heterocycles. The van der Waals surface area contributed by atoms with Crippen LogP contribution in [0.15, 0.2) is 10.5 Å². The molecule has 2 heterocycles. The predicted octanol–water partition coefficient (Wildman–Crippen LogP) is 3.19. The first-order valence-corrected chi connectivity index (χ1v) is 9.02. The Balaban J connectivity index is 2.06. The summed E-state index contributed by atoms with van der Waals surface area (Å²) in [7, 11) is 0. The summed E-state index contributed by atoms with van der Waals surface area (Å²) in [5.41, 5.74) is 6.93. The quantitative estimate of drug-likeness (QED) is 0.826. The van der Waals surface area contributed by atoms with E-state index in [-0.39, 0.29) is 5.41 Å². The van der Waals surface area contributed by atoms with Crippen LogP contribution in [0.25, 0.3) is 0 Å². The Morgan fingerprint density at radius 3 is 2.67 bits per heavy atom. The molecule has 0 radical (unpaired) electrons. The van der Waals surface area contributed by atoms with Crippen LogP contribution < -0.4 is 5.73 Å². The van der Waals surface area contributed by atoms with Crippen LogP contribution in [0.5, 0.6) is 0 Å². The smallest absolute Gasteiger partial charge is 0.191 e. The minimum absolute atomic E-state index is 0.114. The highest BCUT2D eigenvalue weighted by Gasteiger charge is 2.18. The van der Waals surface area contributed by atoms with Crippen molar-refractivity contribution in [2.24, 2.45) is 5.73 Å². The van der Waals surface area contributed by atoms with Gasteiger partial charge in [0.2, 0.25) is 0 Å². The summed E-state index contributed by atoms with van der Waals surface area (Å²) in [5, 5.41) is 12.7. The molecule has 0 saturated heterocycles. The van der Waals surface area contributed by atoms with Gasteiger partial charge in [0.25, 0.3) is 0 Å². The first-order valence-electron chi connectivity index (χ1n) is 7.15. The molecule has 5 nitrogen and oxygen atoms in total. The van der Waals surface area contributed by atoms with Gasteiger partial charge in [0, 0.05) is 23.1 Å². The number of nitrogens with zero attached hydrogens (tertiary/aromatic N) is 4. The Labute approximate surface area is 134 Å². The lowest BCUT2D eigenvalue weighted by molar-refractivity contribution is 0.583. The zero-order valence-electron chi connectivity index (χ0n) is 13.1. The largest absolute Gasteiger partial charge is 0.324 e. The summed E-state index contributed by atoms with van der Waals surface area (Å²) in [6.45, 7) is 10.0. The molecule has 7 heteroatoms. The molecular weight excluding hydrogens is 302 g/mol. The fourth-order valence-corrected chi connectivity index (χ4v) is 3.77. The third-order valence-corrected chi connectivity index (χ3v) is 5.28. The van der Waals surface area contributed by atoms with Gasteiger partial charge in [-0.2, -0.15) is 0 Å². The third-order valence-electron chi connectivity index (χ3n) is 2.97. The summed E-state index contributed by atoms with van der Waals surface area (Å²) in [5.74, 6) is 1.67. The van der Waals surface area contributed by atoms with E-state index in [1.165, 1.54) is 5.01 Å². The number of aromatic nitrogens is 4. The Bertz CT molecular complexity index is 582. The van der Waals surface area contributed by atoms with Gasteiger partial charge in [-0.1, -0.05) is 39.5 Å². The molecular formula is C14H23N5S2. The maximum absolute atomic E-state index is 5.71. The fourth-order valence-electron chi connectivity index (χ4n) is 1.88. The monoisotopic (exact) mass is 325 g/mol. The lowest BCUT2D eigenvalue weighted by atomic mass is 9.98. The number of hydrogen-bond donors (Lipinski definition) is 1. The second-order valence-corrected chi connectivity index (χ2v) is 7.74. The van der Waals surface area contributed by atoms with Crippen molar-refractivity contribution in [1.29, 1.82) is 0 Å². The van der Waals surface area contributed by atoms with Crippen molar-refractivity contribution in [3.05, 3.63) is 21.9 Å². The van der Waals surface area contributed by atoms with Crippen molar-refractivity contribution in [3.8, 4) is 0 Å². The molecule has 2 N–H and O–H groups in total. The lowest BCUT2D eigenvalue weighted by Gasteiger charge is -2.13. The van der Waals surface area contributed by atoms with Crippen LogP contribution in [-0.2, 0) is 24.3 Å². The first-order chi connectivity index (χ1) is 9.95. The van der Waals surface area contributed by atoms with Crippen LogP contribution in [0.4, 0.5) is 0 Å². The van der Waals surface area contributed by atoms with E-state index in [4.69, 9.17) is 10.7 Å². The van der Waals surface area contributed by atoms with Gasteiger partial charge in [-0.15, -0.1) is 21.5 Å². The van der Waals surface area contributed by atoms with Gasteiger partial charge in [0.1, 0.15) is 5.82 Å². The van der Waals surface area contributed by atoms with E-state index in [9.17, 15) is 0 Å². The first kappa shape index (κ1) is 16.5. The van der Waals surface area contributed by atoms with Crippen molar-refractivity contribution < 1.29 is 0 Å². The molecule has 116 valence electrons. The van der Waals surface area contributed by atoms with Crippen molar-refractivity contribution in [2.75, 3.05) is 0 Å². The summed E-state index contributed by atoms with van der Waals surface area (Å²) in [6.07, 6.45) is 1.05. The second kappa shape index (κ2) is 6.89. The summed E-state index contributed by atoms with van der Waals surface area (Å²) in [4.78, 5) is 4.71. The van der Waals surface area contributed by atoms with Crippen molar-refractivity contribution >= 4 is 23.1 Å². The van der Waals surface area contributed by atoms with Gasteiger partial charge in [0.05, 0.1) is 17.2 Å². The Morgan fingerprint density at radius 2 is 2.10 bits per heavy atom. The van der Waals surface area contributed by atoms with E-state index >= 15 is 0 Å². The van der Waals surface area contributed by atoms with E-state index in [2.05, 4.69) is 47.8 Å². The zero-order chi connectivity index (χ0) is 15.5. The maximum Gasteiger partial charge on any atom is 0.191 e. The molecule has 0 bridgehead atoms. The highest BCUT2D eigenvalue weighted by Crippen LogP contribution is 2.28. The summed E-state index contributed by atoms with van der Waals surface area (Å²) < 4.78 is 2.11. The standard InChI is InChI=1S/C14H23N5S2/c1-5-6-19-11(7-15)17-18-13(19)21-9-10-8-20-12(16-10)14(2,3)4/h8H,5-7,9,15H2,1-4H3. The summed E-state index contributed by atoms with van der Waals surface area (Å²) >= 11 is 3.41. The molecule has 2 rings (SSSR count). The van der Waals surface area contributed by atoms with E-state index in [0.29, 0.717) is 6.54 Å². The minimum atomic E-state index is 0.114. The average molecular weight is 326 g/mol. The van der Waals surface area contributed by atoms with E-state index in [0.717, 1.165) is 35.4 Å². The number of hydrogen-bond acceptors (Lipinski definition) is 6. The molecule has 0 aromatic carbocycles. The molecule has 0 saturated carbocycles. The highest BCUT2D eigenvalue weighted by molar-refractivity contribution is 7.98. The van der Waals surface area contributed by atoms with Gasteiger partial charge in [-0.05, 0) is 6.42 Å². The molecule has 0 fully saturated rings. The van der Waals surface area contributed by atoms with Gasteiger partial charge in [-0.3, -0.25) is 0 Å².